The van der Waals surface area contributed by atoms with Gasteiger partial charge in [-0.1, -0.05) is 15.9 Å². The lowest BCUT2D eigenvalue weighted by atomic mass is 10.1. The van der Waals surface area contributed by atoms with Crippen LogP contribution < -0.4 is 0 Å². The van der Waals surface area contributed by atoms with Gasteiger partial charge in [0.15, 0.2) is 0 Å². The van der Waals surface area contributed by atoms with Crippen molar-refractivity contribution in [1.82, 2.24) is 4.98 Å². The van der Waals surface area contributed by atoms with Crippen LogP contribution in [0.2, 0.25) is 0 Å². The maximum Gasteiger partial charge on any atom is 0.0410 e. The fourth-order valence-corrected chi connectivity index (χ4v) is 2.76. The van der Waals surface area contributed by atoms with E-state index in [2.05, 4.69) is 42.9 Å². The molecule has 3 heteroatoms. The molecule has 0 N–H and O–H groups in total. The summed E-state index contributed by atoms with van der Waals surface area (Å²) < 4.78 is 1.08. The molecule has 1 saturated carbocycles. The van der Waals surface area contributed by atoms with E-state index >= 15 is 0 Å². The molecular formula is C11H13Br2N. The molecule has 1 aliphatic carbocycles. The number of pyridine rings is 1. The van der Waals surface area contributed by atoms with Gasteiger partial charge in [0.2, 0.25) is 0 Å². The summed E-state index contributed by atoms with van der Waals surface area (Å²) in [6.07, 6.45) is 8.95. The second-order valence-electron chi connectivity index (χ2n) is 3.90. The third kappa shape index (κ3) is 3.06. The predicted molar refractivity (Wildman–Crippen MR) is 65.7 cm³/mol. The molecular weight excluding hydrogens is 306 g/mol. The normalized spacial score (nSPS) is 18.1. The van der Waals surface area contributed by atoms with Gasteiger partial charge in [0.25, 0.3) is 0 Å². The summed E-state index contributed by atoms with van der Waals surface area (Å²) in [7, 11) is 0. The Balaban J connectivity index is 1.84. The van der Waals surface area contributed by atoms with E-state index in [9.17, 15) is 0 Å². The first kappa shape index (κ1) is 10.6. The van der Waals surface area contributed by atoms with Crippen LogP contribution in [0.5, 0.6) is 0 Å². The number of alkyl halides is 1. The fraction of sp³-hybridized carbons (Fsp3) is 0.545. The Morgan fingerprint density at radius 2 is 2.21 bits per heavy atom. The Morgan fingerprint density at radius 3 is 2.86 bits per heavy atom. The van der Waals surface area contributed by atoms with Crippen LogP contribution in [0.15, 0.2) is 22.9 Å². The van der Waals surface area contributed by atoms with Gasteiger partial charge in [-0.15, -0.1) is 0 Å². The quantitative estimate of drug-likeness (QED) is 0.766. The Kier molecular flexibility index (Phi) is 3.61. The second-order valence-corrected chi connectivity index (χ2v) is 6.00. The topological polar surface area (TPSA) is 12.9 Å². The molecule has 2 rings (SSSR count). The van der Waals surface area contributed by atoms with Gasteiger partial charge in [-0.05, 0) is 59.2 Å². The highest BCUT2D eigenvalue weighted by molar-refractivity contribution is 9.10. The lowest BCUT2D eigenvalue weighted by molar-refractivity contribution is 0.695. The maximum atomic E-state index is 4.16. The minimum atomic E-state index is 0.710. The molecule has 1 atom stereocenters. The van der Waals surface area contributed by atoms with Gasteiger partial charge in [-0.2, -0.15) is 0 Å². The lowest BCUT2D eigenvalue weighted by Gasteiger charge is -2.07. The van der Waals surface area contributed by atoms with Crippen molar-refractivity contribution >= 4 is 31.9 Å². The van der Waals surface area contributed by atoms with Crippen LogP contribution in [0.25, 0.3) is 0 Å². The monoisotopic (exact) mass is 317 g/mol. The van der Waals surface area contributed by atoms with Crippen LogP contribution >= 0.6 is 31.9 Å². The average molecular weight is 319 g/mol. The molecule has 1 unspecified atom stereocenters. The molecule has 0 aliphatic heterocycles. The Bertz CT molecular complexity index is 310. The molecule has 1 aromatic rings. The second kappa shape index (κ2) is 4.75. The molecule has 76 valence electrons. The molecule has 0 aromatic carbocycles. The van der Waals surface area contributed by atoms with E-state index < -0.39 is 0 Å². The average Bonchev–Trinajstić information content (AvgIpc) is 2.97. The minimum absolute atomic E-state index is 0.710. The molecule has 0 spiro atoms. The van der Waals surface area contributed by atoms with E-state index in [4.69, 9.17) is 0 Å². The summed E-state index contributed by atoms with van der Waals surface area (Å²) >= 11 is 7.18. The zero-order valence-corrected chi connectivity index (χ0v) is 11.1. The summed E-state index contributed by atoms with van der Waals surface area (Å²) in [5.41, 5.74) is 1.32. The third-order valence-electron chi connectivity index (χ3n) is 2.60. The first-order valence-electron chi connectivity index (χ1n) is 4.99. The number of aryl methyl sites for hydroxylation is 1. The number of hydrogen-bond acceptors (Lipinski definition) is 1. The van der Waals surface area contributed by atoms with E-state index in [1.165, 1.54) is 24.8 Å². The van der Waals surface area contributed by atoms with Crippen molar-refractivity contribution in [2.24, 2.45) is 5.92 Å². The highest BCUT2D eigenvalue weighted by Crippen LogP contribution is 2.38. The van der Waals surface area contributed by atoms with Crippen molar-refractivity contribution in [2.45, 2.75) is 30.5 Å². The zero-order valence-electron chi connectivity index (χ0n) is 7.92. The molecule has 1 heterocycles. The molecule has 0 bridgehead atoms. The van der Waals surface area contributed by atoms with Gasteiger partial charge in [0.1, 0.15) is 0 Å². The summed E-state index contributed by atoms with van der Waals surface area (Å²) in [6, 6.07) is 2.15. The van der Waals surface area contributed by atoms with Crippen LogP contribution in [-0.2, 0) is 6.42 Å². The molecule has 1 fully saturated rings. The van der Waals surface area contributed by atoms with Crippen LogP contribution in [-0.4, -0.2) is 9.81 Å². The first-order valence-corrected chi connectivity index (χ1v) is 6.70. The lowest BCUT2D eigenvalue weighted by Crippen LogP contribution is -2.02. The van der Waals surface area contributed by atoms with Crippen LogP contribution in [0, 0.1) is 5.92 Å². The van der Waals surface area contributed by atoms with Crippen molar-refractivity contribution in [3.63, 3.8) is 0 Å². The summed E-state index contributed by atoms with van der Waals surface area (Å²) in [5, 5.41) is 0. The highest BCUT2D eigenvalue weighted by Gasteiger charge is 2.28. The predicted octanol–water partition coefficient (Wildman–Crippen LogP) is 3.95. The highest BCUT2D eigenvalue weighted by atomic mass is 79.9. The first-order chi connectivity index (χ1) is 6.75. The van der Waals surface area contributed by atoms with Crippen LogP contribution in [0.4, 0.5) is 0 Å². The van der Waals surface area contributed by atoms with E-state index in [0.717, 1.165) is 16.8 Å². The fourth-order valence-electron chi connectivity index (χ4n) is 1.59. The van der Waals surface area contributed by atoms with Crippen molar-refractivity contribution in [2.75, 3.05) is 0 Å². The molecule has 0 radical (unpaired) electrons. The smallest absolute Gasteiger partial charge is 0.0410 e. The Morgan fingerprint density at radius 1 is 1.43 bits per heavy atom. The summed E-state index contributed by atoms with van der Waals surface area (Å²) in [5.74, 6) is 0.940. The molecule has 0 saturated heterocycles. The van der Waals surface area contributed by atoms with Gasteiger partial charge in [0.05, 0.1) is 0 Å². The van der Waals surface area contributed by atoms with Gasteiger partial charge in [0, 0.05) is 21.7 Å². The van der Waals surface area contributed by atoms with Gasteiger partial charge >= 0.3 is 0 Å². The third-order valence-corrected chi connectivity index (χ3v) is 4.24. The van der Waals surface area contributed by atoms with Crippen LogP contribution in [0.1, 0.15) is 24.8 Å². The summed E-state index contributed by atoms with van der Waals surface area (Å²) in [6.45, 7) is 0. The standard InChI is InChI=1S/C11H13Br2N/c12-10-5-8(6-14-7-10)1-4-11(13)9-2-3-9/h5-7,9,11H,1-4H2. The van der Waals surface area contributed by atoms with Crippen molar-refractivity contribution in [3.05, 3.63) is 28.5 Å². The van der Waals surface area contributed by atoms with Gasteiger partial charge in [-0.3, -0.25) is 4.98 Å². The minimum Gasteiger partial charge on any atom is -0.263 e. The molecule has 1 nitrogen and oxygen atoms in total. The molecule has 1 aromatic heterocycles. The van der Waals surface area contributed by atoms with E-state index in [1.807, 2.05) is 12.4 Å². The largest absolute Gasteiger partial charge is 0.263 e. The Labute approximate surface area is 102 Å². The van der Waals surface area contributed by atoms with E-state index in [-0.39, 0.29) is 0 Å². The molecule has 1 aliphatic rings. The van der Waals surface area contributed by atoms with Crippen LogP contribution in [0.3, 0.4) is 0 Å². The van der Waals surface area contributed by atoms with E-state index in [1.54, 1.807) is 0 Å². The van der Waals surface area contributed by atoms with Gasteiger partial charge in [-0.25, -0.2) is 0 Å². The number of nitrogens with zero attached hydrogens (tertiary/aromatic N) is 1. The Hall–Kier alpha value is 0.110. The number of aromatic nitrogens is 1. The maximum absolute atomic E-state index is 4.16. The van der Waals surface area contributed by atoms with Crippen molar-refractivity contribution < 1.29 is 0 Å². The number of rotatable bonds is 4. The number of halogens is 2. The zero-order chi connectivity index (χ0) is 9.97. The van der Waals surface area contributed by atoms with Gasteiger partial charge < -0.3 is 0 Å². The number of hydrogen-bond donors (Lipinski definition) is 0. The summed E-state index contributed by atoms with van der Waals surface area (Å²) in [4.78, 5) is 4.87. The SMILES string of the molecule is Brc1cncc(CCC(Br)C2CC2)c1. The van der Waals surface area contributed by atoms with Crippen molar-refractivity contribution in [1.29, 1.82) is 0 Å². The molecule has 0 amide bonds. The molecule has 14 heavy (non-hydrogen) atoms. The van der Waals surface area contributed by atoms with Crippen molar-refractivity contribution in [3.8, 4) is 0 Å². The van der Waals surface area contributed by atoms with E-state index in [0.29, 0.717) is 4.83 Å².